The number of aromatic hydroxyl groups is 1. The van der Waals surface area contributed by atoms with Gasteiger partial charge in [-0.1, -0.05) is 11.6 Å². The summed E-state index contributed by atoms with van der Waals surface area (Å²) in [6.07, 6.45) is 3.20. The van der Waals surface area contributed by atoms with Crippen molar-refractivity contribution >= 4 is 22.5 Å². The number of aryl methyl sites for hydroxylation is 1. The summed E-state index contributed by atoms with van der Waals surface area (Å²) in [6, 6.07) is 5.09. The predicted octanol–water partition coefficient (Wildman–Crippen LogP) is 2.39. The van der Waals surface area contributed by atoms with Gasteiger partial charge in [-0.15, -0.1) is 0 Å². The summed E-state index contributed by atoms with van der Waals surface area (Å²) in [4.78, 5) is 7.81. The topological polar surface area (TPSA) is 63.8 Å². The summed E-state index contributed by atoms with van der Waals surface area (Å²) in [6.45, 7) is 0. The third-order valence-corrected chi connectivity index (χ3v) is 2.85. The van der Waals surface area contributed by atoms with Crippen molar-refractivity contribution in [3.8, 4) is 17.1 Å². The van der Waals surface area contributed by atoms with E-state index < -0.39 is 0 Å². The highest BCUT2D eigenvalue weighted by molar-refractivity contribution is 6.31. The Balaban J connectivity index is 2.34. The minimum atomic E-state index is -0.0722. The van der Waals surface area contributed by atoms with E-state index in [9.17, 15) is 5.11 Å². The van der Waals surface area contributed by atoms with Crippen molar-refractivity contribution in [1.82, 2.24) is 19.7 Å². The summed E-state index contributed by atoms with van der Waals surface area (Å²) in [7, 11) is 1.84. The molecule has 0 saturated carbocycles. The molecule has 1 N–H and O–H groups in total. The average Bonchev–Trinajstić information content (AvgIpc) is 2.68. The maximum atomic E-state index is 9.42. The normalized spacial score (nSPS) is 11.0. The highest BCUT2D eigenvalue weighted by Crippen LogP contribution is 2.30. The van der Waals surface area contributed by atoms with Crippen molar-refractivity contribution in [3.05, 3.63) is 35.7 Å². The van der Waals surface area contributed by atoms with E-state index in [0.717, 1.165) is 16.5 Å². The molecule has 0 unspecified atom stereocenters. The predicted molar refractivity (Wildman–Crippen MR) is 68.4 cm³/mol. The molecule has 2 heterocycles. The van der Waals surface area contributed by atoms with Gasteiger partial charge in [-0.25, -0.2) is 9.97 Å². The van der Waals surface area contributed by atoms with Gasteiger partial charge in [0.15, 0.2) is 0 Å². The van der Waals surface area contributed by atoms with Crippen LogP contribution in [0.1, 0.15) is 0 Å². The molecule has 0 aliphatic rings. The van der Waals surface area contributed by atoms with Crippen molar-refractivity contribution in [1.29, 1.82) is 0 Å². The van der Waals surface area contributed by atoms with E-state index in [1.807, 2.05) is 13.2 Å². The third kappa shape index (κ3) is 1.78. The quantitative estimate of drug-likeness (QED) is 0.730. The number of hydrogen-bond acceptors (Lipinski definition) is 4. The van der Waals surface area contributed by atoms with Gasteiger partial charge in [0, 0.05) is 35.3 Å². The number of halogens is 1. The van der Waals surface area contributed by atoms with Crippen molar-refractivity contribution < 1.29 is 5.11 Å². The largest absolute Gasteiger partial charge is 0.493 e. The summed E-state index contributed by atoms with van der Waals surface area (Å²) in [5, 5.41) is 15.2. The van der Waals surface area contributed by atoms with Crippen molar-refractivity contribution in [2.45, 2.75) is 0 Å². The van der Waals surface area contributed by atoms with Crippen LogP contribution in [0.15, 0.2) is 30.7 Å². The van der Waals surface area contributed by atoms with Crippen LogP contribution in [0.5, 0.6) is 5.88 Å². The van der Waals surface area contributed by atoms with Gasteiger partial charge in [-0.3, -0.25) is 4.68 Å². The molecule has 0 bridgehead atoms. The zero-order valence-electron chi connectivity index (χ0n) is 9.50. The van der Waals surface area contributed by atoms with E-state index >= 15 is 0 Å². The third-order valence-electron chi connectivity index (χ3n) is 2.63. The first-order valence-corrected chi connectivity index (χ1v) is 5.65. The molecular weight excluding hydrogens is 252 g/mol. The maximum Gasteiger partial charge on any atom is 0.214 e. The van der Waals surface area contributed by atoms with Crippen molar-refractivity contribution in [2.24, 2.45) is 7.05 Å². The van der Waals surface area contributed by atoms with Gasteiger partial charge in [0.05, 0.1) is 11.2 Å². The lowest BCUT2D eigenvalue weighted by Crippen LogP contribution is -1.86. The molecule has 5 nitrogen and oxygen atoms in total. The van der Waals surface area contributed by atoms with Crippen LogP contribution in [0, 0.1) is 0 Å². The Kier molecular flexibility index (Phi) is 2.41. The molecular formula is C12H9ClN4O. The second-order valence-corrected chi connectivity index (χ2v) is 4.39. The number of fused-ring (bicyclic) bond motifs is 1. The number of benzene rings is 1. The fourth-order valence-electron chi connectivity index (χ4n) is 1.91. The Bertz CT molecular complexity index is 738. The molecule has 0 spiro atoms. The Morgan fingerprint density at radius 2 is 2.06 bits per heavy atom. The second kappa shape index (κ2) is 3.96. The van der Waals surface area contributed by atoms with Crippen LogP contribution < -0.4 is 0 Å². The number of aromatic nitrogens is 4. The number of nitrogens with zero attached hydrogens (tertiary/aromatic N) is 4. The van der Waals surface area contributed by atoms with Crippen molar-refractivity contribution in [3.63, 3.8) is 0 Å². The average molecular weight is 261 g/mol. The lowest BCUT2D eigenvalue weighted by Gasteiger charge is -2.03. The SMILES string of the molecule is Cn1cc2c(-c3cc(O)ncn3)cc(Cl)cc2n1. The minimum Gasteiger partial charge on any atom is -0.493 e. The molecule has 0 fully saturated rings. The van der Waals surface area contributed by atoms with Crippen LogP contribution in [-0.2, 0) is 7.05 Å². The van der Waals surface area contributed by atoms with Gasteiger partial charge in [-0.05, 0) is 12.1 Å². The first-order valence-electron chi connectivity index (χ1n) is 5.28. The Morgan fingerprint density at radius 1 is 1.22 bits per heavy atom. The molecule has 0 aliphatic carbocycles. The summed E-state index contributed by atoms with van der Waals surface area (Å²) in [5.74, 6) is -0.0722. The fraction of sp³-hybridized carbons (Fsp3) is 0.0833. The van der Waals surface area contributed by atoms with E-state index in [-0.39, 0.29) is 5.88 Å². The highest BCUT2D eigenvalue weighted by atomic mass is 35.5. The zero-order chi connectivity index (χ0) is 12.7. The Hall–Kier alpha value is -2.14. The molecule has 0 atom stereocenters. The summed E-state index contributed by atoms with van der Waals surface area (Å²) < 4.78 is 1.71. The molecule has 90 valence electrons. The zero-order valence-corrected chi connectivity index (χ0v) is 10.3. The standard InChI is InChI=1S/C12H9ClN4O/c1-17-5-9-8(2-7(13)3-11(9)16-17)10-4-12(18)15-6-14-10/h2-6H,1H3,(H,14,15,18). The molecule has 6 heteroatoms. The Labute approximate surface area is 108 Å². The summed E-state index contributed by atoms with van der Waals surface area (Å²) in [5.41, 5.74) is 2.23. The van der Waals surface area contributed by atoms with Gasteiger partial charge in [0.2, 0.25) is 5.88 Å². The van der Waals surface area contributed by atoms with Gasteiger partial charge in [0.1, 0.15) is 6.33 Å². The van der Waals surface area contributed by atoms with Gasteiger partial charge in [0.25, 0.3) is 0 Å². The molecule has 1 aromatic carbocycles. The van der Waals surface area contributed by atoms with E-state index in [0.29, 0.717) is 10.7 Å². The van der Waals surface area contributed by atoms with Crippen LogP contribution in [0.3, 0.4) is 0 Å². The van der Waals surface area contributed by atoms with Crippen LogP contribution >= 0.6 is 11.6 Å². The maximum absolute atomic E-state index is 9.42. The Morgan fingerprint density at radius 3 is 2.83 bits per heavy atom. The van der Waals surface area contributed by atoms with E-state index in [1.54, 1.807) is 16.8 Å². The molecule has 3 aromatic rings. The number of hydrogen-bond donors (Lipinski definition) is 1. The summed E-state index contributed by atoms with van der Waals surface area (Å²) >= 11 is 6.07. The molecule has 2 aromatic heterocycles. The van der Waals surface area contributed by atoms with Crippen molar-refractivity contribution in [2.75, 3.05) is 0 Å². The minimum absolute atomic E-state index is 0.0722. The highest BCUT2D eigenvalue weighted by Gasteiger charge is 2.10. The molecule has 0 amide bonds. The molecule has 0 saturated heterocycles. The lowest BCUT2D eigenvalue weighted by atomic mass is 10.1. The van der Waals surface area contributed by atoms with Crippen LogP contribution in [0.4, 0.5) is 0 Å². The van der Waals surface area contributed by atoms with Crippen LogP contribution in [-0.4, -0.2) is 24.9 Å². The first-order chi connectivity index (χ1) is 8.63. The smallest absolute Gasteiger partial charge is 0.214 e. The molecule has 18 heavy (non-hydrogen) atoms. The molecule has 0 aliphatic heterocycles. The van der Waals surface area contributed by atoms with Crippen LogP contribution in [0.2, 0.25) is 5.02 Å². The lowest BCUT2D eigenvalue weighted by molar-refractivity contribution is 0.452. The number of rotatable bonds is 1. The fourth-order valence-corrected chi connectivity index (χ4v) is 2.13. The van der Waals surface area contributed by atoms with Gasteiger partial charge < -0.3 is 5.11 Å². The van der Waals surface area contributed by atoms with E-state index in [1.165, 1.54) is 12.4 Å². The second-order valence-electron chi connectivity index (χ2n) is 3.95. The van der Waals surface area contributed by atoms with E-state index in [2.05, 4.69) is 15.1 Å². The van der Waals surface area contributed by atoms with Gasteiger partial charge >= 0.3 is 0 Å². The first kappa shape index (κ1) is 11.0. The molecule has 3 rings (SSSR count). The van der Waals surface area contributed by atoms with E-state index in [4.69, 9.17) is 11.6 Å². The molecule has 0 radical (unpaired) electrons. The monoisotopic (exact) mass is 260 g/mol. The van der Waals surface area contributed by atoms with Gasteiger partial charge in [-0.2, -0.15) is 5.10 Å². The van der Waals surface area contributed by atoms with Crippen LogP contribution in [0.25, 0.3) is 22.2 Å².